The molecule has 1 atom stereocenters. The molecule has 4 nitrogen and oxygen atoms in total. The molecule has 1 N–H and O–H groups in total. The van der Waals surface area contributed by atoms with Gasteiger partial charge in [-0.3, -0.25) is 4.98 Å². The largest absolute Gasteiger partial charge is 0.377 e. The third-order valence-electron chi connectivity index (χ3n) is 4.14. The van der Waals surface area contributed by atoms with Crippen LogP contribution in [0.2, 0.25) is 5.02 Å². The molecule has 0 aliphatic heterocycles. The van der Waals surface area contributed by atoms with Crippen molar-refractivity contribution in [1.82, 2.24) is 4.98 Å². The van der Waals surface area contributed by atoms with E-state index in [0.717, 1.165) is 34.0 Å². The number of hydrogen-bond donors (Lipinski definition) is 1. The molecule has 2 rings (SSSR count). The molecule has 1 aromatic heterocycles. The van der Waals surface area contributed by atoms with E-state index in [-0.39, 0.29) is 6.04 Å². The van der Waals surface area contributed by atoms with Crippen LogP contribution in [0, 0.1) is 13.8 Å². The van der Waals surface area contributed by atoms with E-state index in [9.17, 15) is 0 Å². The van der Waals surface area contributed by atoms with Crippen molar-refractivity contribution in [1.29, 1.82) is 0 Å². The Hall–Kier alpha value is -1.62. The summed E-state index contributed by atoms with van der Waals surface area (Å²) in [5, 5.41) is 4.33. The van der Waals surface area contributed by atoms with Gasteiger partial charge in [-0.1, -0.05) is 30.7 Å². The fourth-order valence-corrected chi connectivity index (χ4v) is 2.84. The van der Waals surface area contributed by atoms with Crippen molar-refractivity contribution in [2.24, 2.45) is 0 Å². The van der Waals surface area contributed by atoms with Gasteiger partial charge in [0, 0.05) is 30.5 Å². The van der Waals surface area contributed by atoms with E-state index in [1.807, 2.05) is 32.2 Å². The number of anilines is 1. The SMILES string of the molecule is CCC(Nc1cnc(C)c(C(OC)OC)c1)c1ccc(Cl)c(C)c1. The molecule has 1 aromatic carbocycles. The Morgan fingerprint density at radius 3 is 2.46 bits per heavy atom. The second kappa shape index (κ2) is 8.47. The average molecular weight is 349 g/mol. The summed E-state index contributed by atoms with van der Waals surface area (Å²) in [5.74, 6) is 0. The zero-order chi connectivity index (χ0) is 17.7. The van der Waals surface area contributed by atoms with Gasteiger partial charge in [0.1, 0.15) is 0 Å². The Kier molecular flexibility index (Phi) is 6.60. The second-order valence-electron chi connectivity index (χ2n) is 5.82. The van der Waals surface area contributed by atoms with Crippen molar-refractivity contribution in [3.63, 3.8) is 0 Å². The minimum atomic E-state index is -0.419. The summed E-state index contributed by atoms with van der Waals surface area (Å²) in [6, 6.07) is 8.35. The number of nitrogens with zero attached hydrogens (tertiary/aromatic N) is 1. The first-order valence-corrected chi connectivity index (χ1v) is 8.42. The smallest absolute Gasteiger partial charge is 0.184 e. The van der Waals surface area contributed by atoms with Crippen molar-refractivity contribution in [2.75, 3.05) is 19.5 Å². The van der Waals surface area contributed by atoms with Crippen LogP contribution in [0.5, 0.6) is 0 Å². The number of nitrogens with one attached hydrogen (secondary N) is 1. The molecule has 2 aromatic rings. The van der Waals surface area contributed by atoms with E-state index in [0.29, 0.717) is 0 Å². The summed E-state index contributed by atoms with van der Waals surface area (Å²) in [4.78, 5) is 4.46. The Morgan fingerprint density at radius 2 is 1.88 bits per heavy atom. The number of methoxy groups -OCH3 is 2. The lowest BCUT2D eigenvalue weighted by atomic mass is 10.0. The first kappa shape index (κ1) is 18.7. The summed E-state index contributed by atoms with van der Waals surface area (Å²) >= 11 is 6.14. The topological polar surface area (TPSA) is 43.4 Å². The third kappa shape index (κ3) is 4.26. The Labute approximate surface area is 149 Å². The van der Waals surface area contributed by atoms with Crippen molar-refractivity contribution in [3.05, 3.63) is 57.9 Å². The van der Waals surface area contributed by atoms with Crippen molar-refractivity contribution >= 4 is 17.3 Å². The molecule has 0 bridgehead atoms. The molecule has 0 aliphatic carbocycles. The van der Waals surface area contributed by atoms with Gasteiger partial charge in [0.05, 0.1) is 17.9 Å². The van der Waals surface area contributed by atoms with Gasteiger partial charge in [-0.2, -0.15) is 0 Å². The zero-order valence-corrected chi connectivity index (χ0v) is 15.6. The molecule has 0 fully saturated rings. The number of hydrogen-bond acceptors (Lipinski definition) is 4. The maximum Gasteiger partial charge on any atom is 0.184 e. The molecule has 0 saturated carbocycles. The lowest BCUT2D eigenvalue weighted by Crippen LogP contribution is -2.12. The maximum atomic E-state index is 6.14. The molecule has 24 heavy (non-hydrogen) atoms. The fourth-order valence-electron chi connectivity index (χ4n) is 2.72. The highest BCUT2D eigenvalue weighted by Gasteiger charge is 2.16. The van der Waals surface area contributed by atoms with Crippen LogP contribution >= 0.6 is 11.6 Å². The lowest BCUT2D eigenvalue weighted by Gasteiger charge is -2.21. The molecule has 0 saturated heterocycles. The Morgan fingerprint density at radius 1 is 1.17 bits per heavy atom. The molecule has 1 heterocycles. The standard InChI is InChI=1S/C19H25ClN2O2/c1-6-18(14-7-8-17(20)12(2)9-14)22-15-10-16(13(3)21-11-15)19(23-4)24-5/h7-11,18-19,22H,6H2,1-5H3. The third-order valence-corrected chi connectivity index (χ3v) is 4.57. The number of aryl methyl sites for hydroxylation is 2. The second-order valence-corrected chi connectivity index (χ2v) is 6.22. The van der Waals surface area contributed by atoms with Gasteiger partial charge < -0.3 is 14.8 Å². The molecular weight excluding hydrogens is 324 g/mol. The van der Waals surface area contributed by atoms with Gasteiger partial charge in [-0.05, 0) is 43.5 Å². The van der Waals surface area contributed by atoms with Crippen molar-refractivity contribution < 1.29 is 9.47 Å². The summed E-state index contributed by atoms with van der Waals surface area (Å²) < 4.78 is 10.7. The number of halogens is 1. The minimum Gasteiger partial charge on any atom is -0.377 e. The molecule has 130 valence electrons. The highest BCUT2D eigenvalue weighted by Crippen LogP contribution is 2.28. The number of pyridine rings is 1. The van der Waals surface area contributed by atoms with Crippen molar-refractivity contribution in [2.45, 2.75) is 39.5 Å². The van der Waals surface area contributed by atoms with Crippen LogP contribution in [-0.4, -0.2) is 19.2 Å². The van der Waals surface area contributed by atoms with E-state index in [2.05, 4.69) is 29.4 Å². The number of aromatic nitrogens is 1. The highest BCUT2D eigenvalue weighted by atomic mass is 35.5. The maximum absolute atomic E-state index is 6.14. The van der Waals surface area contributed by atoms with Gasteiger partial charge in [0.15, 0.2) is 6.29 Å². The molecule has 0 spiro atoms. The first-order chi connectivity index (χ1) is 11.5. The van der Waals surface area contributed by atoms with Crippen LogP contribution in [0.15, 0.2) is 30.5 Å². The van der Waals surface area contributed by atoms with Gasteiger partial charge in [0.25, 0.3) is 0 Å². The highest BCUT2D eigenvalue weighted by molar-refractivity contribution is 6.31. The first-order valence-electron chi connectivity index (χ1n) is 8.04. The van der Waals surface area contributed by atoms with E-state index >= 15 is 0 Å². The van der Waals surface area contributed by atoms with Crippen LogP contribution in [0.25, 0.3) is 0 Å². The molecule has 5 heteroatoms. The lowest BCUT2D eigenvalue weighted by molar-refractivity contribution is -0.106. The van der Waals surface area contributed by atoms with Crippen LogP contribution in [0.4, 0.5) is 5.69 Å². The number of ether oxygens (including phenoxy) is 2. The van der Waals surface area contributed by atoms with Gasteiger partial charge in [-0.25, -0.2) is 0 Å². The summed E-state index contributed by atoms with van der Waals surface area (Å²) in [7, 11) is 3.25. The van der Waals surface area contributed by atoms with Gasteiger partial charge >= 0.3 is 0 Å². The Balaban J connectivity index is 2.27. The van der Waals surface area contributed by atoms with E-state index in [4.69, 9.17) is 21.1 Å². The summed E-state index contributed by atoms with van der Waals surface area (Å²) in [5.41, 5.74) is 5.04. The minimum absolute atomic E-state index is 0.182. The molecule has 0 radical (unpaired) electrons. The van der Waals surface area contributed by atoms with Crippen LogP contribution in [-0.2, 0) is 9.47 Å². The predicted molar refractivity (Wildman–Crippen MR) is 98.6 cm³/mol. The quantitative estimate of drug-likeness (QED) is 0.698. The summed E-state index contributed by atoms with van der Waals surface area (Å²) in [6.07, 6.45) is 2.37. The number of rotatable bonds is 7. The van der Waals surface area contributed by atoms with Gasteiger partial charge in [-0.15, -0.1) is 0 Å². The average Bonchev–Trinajstić information content (AvgIpc) is 2.58. The molecule has 0 aliphatic rings. The van der Waals surface area contributed by atoms with E-state index < -0.39 is 6.29 Å². The predicted octanol–water partition coefficient (Wildman–Crippen LogP) is 5.21. The van der Waals surface area contributed by atoms with Crippen LogP contribution in [0.1, 0.15) is 48.1 Å². The fraction of sp³-hybridized carbons (Fsp3) is 0.421. The Bertz CT molecular complexity index is 687. The molecular formula is C19H25ClN2O2. The van der Waals surface area contributed by atoms with Gasteiger partial charge in [0.2, 0.25) is 0 Å². The van der Waals surface area contributed by atoms with Crippen molar-refractivity contribution in [3.8, 4) is 0 Å². The monoisotopic (exact) mass is 348 g/mol. The molecule has 0 amide bonds. The van der Waals surface area contributed by atoms with Crippen LogP contribution < -0.4 is 5.32 Å². The number of benzene rings is 1. The van der Waals surface area contributed by atoms with E-state index in [1.54, 1.807) is 14.2 Å². The van der Waals surface area contributed by atoms with Crippen LogP contribution in [0.3, 0.4) is 0 Å². The van der Waals surface area contributed by atoms with E-state index in [1.165, 1.54) is 5.56 Å². The normalized spacial score (nSPS) is 12.5. The molecule has 1 unspecified atom stereocenters. The zero-order valence-electron chi connectivity index (χ0n) is 14.9. The summed E-state index contributed by atoms with van der Waals surface area (Å²) in [6.45, 7) is 6.12.